The largest absolute Gasteiger partial charge is 0.373 e. The molecule has 3 nitrogen and oxygen atoms in total. The second-order valence-corrected chi connectivity index (χ2v) is 5.60. The summed E-state index contributed by atoms with van der Waals surface area (Å²) in [6.07, 6.45) is 0.788. The quantitative estimate of drug-likeness (QED) is 0.900. The Morgan fingerprint density at radius 3 is 2.53 bits per heavy atom. The Hall–Kier alpha value is -1.68. The molecule has 1 unspecified atom stereocenters. The van der Waals surface area contributed by atoms with Crippen LogP contribution in [0, 0.1) is 12.7 Å². The Morgan fingerprint density at radius 1 is 1.37 bits per heavy atom. The van der Waals surface area contributed by atoms with Gasteiger partial charge in [-0.05, 0) is 19.1 Å². The number of halogens is 1. The first-order chi connectivity index (χ1) is 8.79. The second kappa shape index (κ2) is 4.78. The third-order valence-corrected chi connectivity index (χ3v) is 2.84. The molecule has 0 aliphatic carbocycles. The second-order valence-electron chi connectivity index (χ2n) is 5.60. The summed E-state index contributed by atoms with van der Waals surface area (Å²) < 4.78 is 14.9. The van der Waals surface area contributed by atoms with Crippen LogP contribution >= 0.6 is 0 Å². The lowest BCUT2D eigenvalue weighted by atomic mass is 9.95. The standard InChI is InChI=1S/C15H18FN2O/c1-10(19)18-9-13(17-14(18)15(2,3)4)11-6-5-7-12(16)8-11/h5-10,19H,1H2,2-4H3. The summed E-state index contributed by atoms with van der Waals surface area (Å²) in [6, 6.07) is 6.24. The molecule has 0 aliphatic heterocycles. The monoisotopic (exact) mass is 261 g/mol. The fraction of sp³-hybridized carbons (Fsp3) is 0.333. The molecule has 0 bridgehead atoms. The third-order valence-electron chi connectivity index (χ3n) is 2.84. The molecule has 2 rings (SSSR count). The maximum atomic E-state index is 13.3. The van der Waals surface area contributed by atoms with E-state index in [0.717, 1.165) is 0 Å². The van der Waals surface area contributed by atoms with E-state index >= 15 is 0 Å². The van der Waals surface area contributed by atoms with E-state index in [9.17, 15) is 9.50 Å². The topological polar surface area (TPSA) is 38.0 Å². The number of aliphatic hydroxyl groups is 1. The van der Waals surface area contributed by atoms with Gasteiger partial charge in [0.15, 0.2) is 0 Å². The Bertz CT molecular complexity index is 582. The Labute approximate surface area is 112 Å². The van der Waals surface area contributed by atoms with Gasteiger partial charge in [-0.15, -0.1) is 0 Å². The van der Waals surface area contributed by atoms with Crippen LogP contribution in [0.3, 0.4) is 0 Å². The highest BCUT2D eigenvalue weighted by Gasteiger charge is 2.23. The van der Waals surface area contributed by atoms with Crippen molar-refractivity contribution in [1.82, 2.24) is 9.55 Å². The minimum absolute atomic E-state index is 0.232. The smallest absolute Gasteiger partial charge is 0.132 e. The molecule has 0 saturated heterocycles. The van der Waals surface area contributed by atoms with Crippen LogP contribution in [0.2, 0.25) is 0 Å². The summed E-state index contributed by atoms with van der Waals surface area (Å²) in [5.41, 5.74) is 1.08. The highest BCUT2D eigenvalue weighted by Crippen LogP contribution is 2.28. The number of nitrogens with zero attached hydrogens (tertiary/aromatic N) is 2. The first-order valence-corrected chi connectivity index (χ1v) is 6.15. The average molecular weight is 261 g/mol. The Balaban J connectivity index is 2.55. The first kappa shape index (κ1) is 13.7. The zero-order chi connectivity index (χ0) is 14.2. The van der Waals surface area contributed by atoms with Gasteiger partial charge in [0.1, 0.15) is 17.9 Å². The summed E-state index contributed by atoms with van der Waals surface area (Å²) in [7, 11) is 0. The summed E-state index contributed by atoms with van der Waals surface area (Å²) in [6.45, 7) is 9.62. The van der Waals surface area contributed by atoms with Gasteiger partial charge < -0.3 is 9.67 Å². The Kier molecular flexibility index (Phi) is 3.45. The normalized spacial score (nSPS) is 13.6. The molecule has 0 saturated carbocycles. The van der Waals surface area contributed by atoms with E-state index in [1.54, 1.807) is 22.9 Å². The van der Waals surface area contributed by atoms with Crippen molar-refractivity contribution in [3.63, 3.8) is 0 Å². The van der Waals surface area contributed by atoms with Gasteiger partial charge in [0.2, 0.25) is 0 Å². The number of aromatic nitrogens is 2. The molecule has 0 fully saturated rings. The average Bonchev–Trinajstić information content (AvgIpc) is 2.73. The molecule has 101 valence electrons. The predicted molar refractivity (Wildman–Crippen MR) is 72.9 cm³/mol. The van der Waals surface area contributed by atoms with Crippen molar-refractivity contribution in [2.24, 2.45) is 0 Å². The van der Waals surface area contributed by atoms with E-state index in [2.05, 4.69) is 11.9 Å². The highest BCUT2D eigenvalue weighted by molar-refractivity contribution is 5.58. The SMILES string of the molecule is [CH2]C(O)n1cc(-c2cccc(F)c2)nc1C(C)(C)C. The first-order valence-electron chi connectivity index (χ1n) is 6.15. The molecule has 1 N–H and O–H groups in total. The molecular formula is C15H18FN2O. The maximum Gasteiger partial charge on any atom is 0.132 e. The van der Waals surface area contributed by atoms with Crippen molar-refractivity contribution in [3.8, 4) is 11.3 Å². The van der Waals surface area contributed by atoms with Crippen LogP contribution < -0.4 is 0 Å². The molecule has 1 radical (unpaired) electrons. The van der Waals surface area contributed by atoms with Crippen molar-refractivity contribution in [2.75, 3.05) is 0 Å². The fourth-order valence-corrected chi connectivity index (χ4v) is 1.96. The van der Waals surface area contributed by atoms with Gasteiger partial charge in [-0.1, -0.05) is 32.9 Å². The molecular weight excluding hydrogens is 243 g/mol. The van der Waals surface area contributed by atoms with Gasteiger partial charge in [-0.2, -0.15) is 0 Å². The van der Waals surface area contributed by atoms with Gasteiger partial charge in [0, 0.05) is 17.2 Å². The van der Waals surface area contributed by atoms with Gasteiger partial charge in [-0.25, -0.2) is 9.37 Å². The van der Waals surface area contributed by atoms with E-state index in [4.69, 9.17) is 0 Å². The molecule has 2 aromatic rings. The van der Waals surface area contributed by atoms with E-state index in [1.807, 2.05) is 20.8 Å². The highest BCUT2D eigenvalue weighted by atomic mass is 19.1. The van der Waals surface area contributed by atoms with Crippen molar-refractivity contribution in [1.29, 1.82) is 0 Å². The molecule has 1 atom stereocenters. The van der Waals surface area contributed by atoms with Crippen LogP contribution in [0.4, 0.5) is 4.39 Å². The minimum Gasteiger partial charge on any atom is -0.373 e. The van der Waals surface area contributed by atoms with Crippen molar-refractivity contribution >= 4 is 0 Å². The van der Waals surface area contributed by atoms with Crippen molar-refractivity contribution in [3.05, 3.63) is 49.0 Å². The van der Waals surface area contributed by atoms with E-state index < -0.39 is 6.23 Å². The van der Waals surface area contributed by atoms with Gasteiger partial charge in [-0.3, -0.25) is 0 Å². The minimum atomic E-state index is -0.913. The summed E-state index contributed by atoms with van der Waals surface area (Å²) >= 11 is 0. The summed E-state index contributed by atoms with van der Waals surface area (Å²) in [5.74, 6) is 0.411. The lowest BCUT2D eigenvalue weighted by Crippen LogP contribution is -2.20. The van der Waals surface area contributed by atoms with Crippen LogP contribution in [-0.4, -0.2) is 14.7 Å². The maximum absolute atomic E-state index is 13.3. The van der Waals surface area contributed by atoms with E-state index in [-0.39, 0.29) is 11.2 Å². The summed E-state index contributed by atoms with van der Waals surface area (Å²) in [4.78, 5) is 4.51. The van der Waals surface area contributed by atoms with Crippen LogP contribution in [0.15, 0.2) is 30.5 Å². The van der Waals surface area contributed by atoms with Crippen LogP contribution in [0.1, 0.15) is 32.8 Å². The number of aliphatic hydroxyl groups excluding tert-OH is 1. The number of imidazole rings is 1. The van der Waals surface area contributed by atoms with Crippen LogP contribution in [-0.2, 0) is 5.41 Å². The lowest BCUT2D eigenvalue weighted by molar-refractivity contribution is 0.144. The van der Waals surface area contributed by atoms with Crippen LogP contribution in [0.5, 0.6) is 0 Å². The molecule has 0 spiro atoms. The third kappa shape index (κ3) is 2.84. The number of rotatable bonds is 2. The van der Waals surface area contributed by atoms with Gasteiger partial charge in [0.05, 0.1) is 5.69 Å². The van der Waals surface area contributed by atoms with Crippen molar-refractivity contribution in [2.45, 2.75) is 32.4 Å². The molecule has 0 aliphatic rings. The van der Waals surface area contributed by atoms with E-state index in [0.29, 0.717) is 17.1 Å². The van der Waals surface area contributed by atoms with Crippen molar-refractivity contribution < 1.29 is 9.50 Å². The molecule has 1 aromatic carbocycles. The zero-order valence-electron chi connectivity index (χ0n) is 11.4. The molecule has 4 heteroatoms. The zero-order valence-corrected chi connectivity index (χ0v) is 11.4. The fourth-order valence-electron chi connectivity index (χ4n) is 1.96. The Morgan fingerprint density at radius 2 is 2.05 bits per heavy atom. The molecule has 0 amide bonds. The predicted octanol–water partition coefficient (Wildman–Crippen LogP) is 3.31. The molecule has 1 aromatic heterocycles. The number of hydrogen-bond acceptors (Lipinski definition) is 2. The van der Waals surface area contributed by atoms with Crippen LogP contribution in [0.25, 0.3) is 11.3 Å². The molecule has 1 heterocycles. The summed E-state index contributed by atoms with van der Waals surface area (Å²) in [5, 5.41) is 9.72. The van der Waals surface area contributed by atoms with E-state index in [1.165, 1.54) is 12.1 Å². The lowest BCUT2D eigenvalue weighted by Gasteiger charge is -2.20. The number of benzene rings is 1. The van der Waals surface area contributed by atoms with Gasteiger partial charge in [0.25, 0.3) is 0 Å². The van der Waals surface area contributed by atoms with Gasteiger partial charge >= 0.3 is 0 Å². The molecule has 19 heavy (non-hydrogen) atoms. The number of hydrogen-bond donors (Lipinski definition) is 1.